The smallest absolute Gasteiger partial charge is 0.410 e. The van der Waals surface area contributed by atoms with E-state index in [-0.39, 0.29) is 18.2 Å². The Morgan fingerprint density at radius 1 is 1.07 bits per heavy atom. The van der Waals surface area contributed by atoms with Crippen LogP contribution in [0.15, 0.2) is 54.6 Å². The summed E-state index contributed by atoms with van der Waals surface area (Å²) in [4.78, 5) is 14.8. The molecule has 2 bridgehead atoms. The lowest BCUT2D eigenvalue weighted by Gasteiger charge is -2.44. The molecular weight excluding hydrogens is 366 g/mol. The summed E-state index contributed by atoms with van der Waals surface area (Å²) < 4.78 is 16.6. The summed E-state index contributed by atoms with van der Waals surface area (Å²) in [5, 5.41) is 0. The average molecular weight is 393 g/mol. The van der Waals surface area contributed by atoms with Gasteiger partial charge in [0.1, 0.15) is 18.1 Å². The molecule has 2 aromatic carbocycles. The molecule has 5 heteroatoms. The monoisotopic (exact) mass is 393 g/mol. The topological polar surface area (TPSA) is 48.0 Å². The molecule has 2 aliphatic heterocycles. The number of carbonyl (C=O) groups excluding carboxylic acids is 1. The molecule has 1 fully saturated rings. The van der Waals surface area contributed by atoms with Crippen LogP contribution in [0, 0.1) is 0 Å². The molecule has 0 aliphatic carbocycles. The van der Waals surface area contributed by atoms with Crippen molar-refractivity contribution in [1.29, 1.82) is 0 Å². The van der Waals surface area contributed by atoms with Gasteiger partial charge in [-0.3, -0.25) is 4.90 Å². The maximum atomic E-state index is 12.9. The number of nitrogens with zero attached hydrogens (tertiary/aromatic N) is 1. The fraction of sp³-hybridized carbons (Fsp3) is 0.375. The van der Waals surface area contributed by atoms with Gasteiger partial charge in [0.25, 0.3) is 0 Å². The molecule has 0 radical (unpaired) electrons. The Hall–Kier alpha value is -2.95. The Labute approximate surface area is 171 Å². The van der Waals surface area contributed by atoms with Crippen LogP contribution in [0.25, 0.3) is 5.57 Å². The summed E-state index contributed by atoms with van der Waals surface area (Å²) in [6, 6.07) is 15.9. The van der Waals surface area contributed by atoms with E-state index < -0.39 is 0 Å². The predicted molar refractivity (Wildman–Crippen MR) is 112 cm³/mol. The highest BCUT2D eigenvalue weighted by atomic mass is 16.6. The minimum absolute atomic E-state index is 0.0626. The van der Waals surface area contributed by atoms with Gasteiger partial charge in [-0.2, -0.15) is 0 Å². The quantitative estimate of drug-likeness (QED) is 0.713. The molecule has 0 N–H and O–H groups in total. The Morgan fingerprint density at radius 3 is 2.62 bits per heavy atom. The largest absolute Gasteiger partial charge is 0.497 e. The molecule has 2 heterocycles. The molecular formula is C24H27NO4. The average Bonchev–Trinajstić information content (AvgIpc) is 2.76. The van der Waals surface area contributed by atoms with Gasteiger partial charge in [0.2, 0.25) is 0 Å². The van der Waals surface area contributed by atoms with E-state index in [9.17, 15) is 4.79 Å². The molecule has 1 amide bonds. The first kappa shape index (κ1) is 19.4. The van der Waals surface area contributed by atoms with Crippen LogP contribution in [0.5, 0.6) is 11.5 Å². The van der Waals surface area contributed by atoms with Crippen molar-refractivity contribution < 1.29 is 19.0 Å². The highest BCUT2D eigenvalue weighted by Gasteiger charge is 2.38. The Kier molecular flexibility index (Phi) is 5.74. The number of hydrogen-bond acceptors (Lipinski definition) is 4. The van der Waals surface area contributed by atoms with E-state index in [1.54, 1.807) is 14.2 Å². The fourth-order valence-electron chi connectivity index (χ4n) is 4.37. The summed E-state index contributed by atoms with van der Waals surface area (Å²) in [7, 11) is 3.33. The van der Waals surface area contributed by atoms with E-state index in [2.05, 4.69) is 6.08 Å². The third kappa shape index (κ3) is 4.09. The van der Waals surface area contributed by atoms with Crippen LogP contribution in [-0.2, 0) is 11.3 Å². The van der Waals surface area contributed by atoms with Crippen molar-refractivity contribution in [2.75, 3.05) is 14.2 Å². The maximum absolute atomic E-state index is 12.9. The zero-order valence-corrected chi connectivity index (χ0v) is 17.0. The first-order valence-electron chi connectivity index (χ1n) is 10.1. The van der Waals surface area contributed by atoms with Gasteiger partial charge >= 0.3 is 6.09 Å². The van der Waals surface area contributed by atoms with Crippen LogP contribution in [0.3, 0.4) is 0 Å². The van der Waals surface area contributed by atoms with Crippen molar-refractivity contribution >= 4 is 11.7 Å². The summed E-state index contributed by atoms with van der Waals surface area (Å²) in [6.07, 6.45) is 5.87. The van der Waals surface area contributed by atoms with Crippen LogP contribution < -0.4 is 9.47 Å². The van der Waals surface area contributed by atoms with Crippen molar-refractivity contribution in [3.8, 4) is 11.5 Å². The van der Waals surface area contributed by atoms with Crippen molar-refractivity contribution in [3.05, 3.63) is 65.7 Å². The zero-order chi connectivity index (χ0) is 20.2. The number of methoxy groups -OCH3 is 2. The molecule has 2 unspecified atom stereocenters. The molecule has 152 valence electrons. The third-order valence-electron chi connectivity index (χ3n) is 5.81. The molecule has 5 nitrogen and oxygen atoms in total. The highest BCUT2D eigenvalue weighted by molar-refractivity contribution is 5.77. The standard InChI is InChI=1S/C24H27NO4/c1-27-21-11-12-22(23(15-21)28-2)18-13-19-9-6-10-20(14-18)25(19)24(26)29-16-17-7-4-3-5-8-17/h3-5,7-8,11-13,15,19-20H,6,9-10,14,16H2,1-2H3. The second kappa shape index (κ2) is 8.60. The normalized spacial score (nSPS) is 20.6. The molecule has 4 rings (SSSR count). The highest BCUT2D eigenvalue weighted by Crippen LogP contribution is 2.40. The summed E-state index contributed by atoms with van der Waals surface area (Å²) in [5.41, 5.74) is 3.30. The van der Waals surface area contributed by atoms with Crippen LogP contribution >= 0.6 is 0 Å². The minimum Gasteiger partial charge on any atom is -0.497 e. The SMILES string of the molecule is COc1ccc(C2=CC3CCCC(C2)N3C(=O)OCc2ccccc2)c(OC)c1. The lowest BCUT2D eigenvalue weighted by Crippen LogP contribution is -2.51. The number of amides is 1. The van der Waals surface area contributed by atoms with Gasteiger partial charge in [-0.05, 0) is 49.0 Å². The Bertz CT molecular complexity index is 893. The van der Waals surface area contributed by atoms with Gasteiger partial charge in [-0.25, -0.2) is 4.79 Å². The summed E-state index contributed by atoms with van der Waals surface area (Å²) >= 11 is 0. The van der Waals surface area contributed by atoms with Crippen LogP contribution in [-0.4, -0.2) is 37.3 Å². The van der Waals surface area contributed by atoms with Crippen LogP contribution in [0.4, 0.5) is 4.79 Å². The van der Waals surface area contributed by atoms with Gasteiger partial charge < -0.3 is 14.2 Å². The summed E-state index contributed by atoms with van der Waals surface area (Å²) in [5.74, 6) is 1.57. The molecule has 2 atom stereocenters. The van der Waals surface area contributed by atoms with Crippen LogP contribution in [0.1, 0.15) is 36.8 Å². The summed E-state index contributed by atoms with van der Waals surface area (Å²) in [6.45, 7) is 0.304. The van der Waals surface area contributed by atoms with Gasteiger partial charge in [0.05, 0.1) is 20.3 Å². The second-order valence-electron chi connectivity index (χ2n) is 7.56. The molecule has 0 saturated carbocycles. The first-order valence-corrected chi connectivity index (χ1v) is 10.1. The lowest BCUT2D eigenvalue weighted by atomic mass is 9.83. The molecule has 1 saturated heterocycles. The van der Waals surface area contributed by atoms with E-state index in [1.807, 2.05) is 53.4 Å². The van der Waals surface area contributed by atoms with E-state index in [0.717, 1.165) is 48.3 Å². The number of ether oxygens (including phenoxy) is 3. The number of hydrogen-bond donors (Lipinski definition) is 0. The van der Waals surface area contributed by atoms with Crippen molar-refractivity contribution in [1.82, 2.24) is 4.90 Å². The predicted octanol–water partition coefficient (Wildman–Crippen LogP) is 5.05. The van der Waals surface area contributed by atoms with Crippen molar-refractivity contribution in [2.24, 2.45) is 0 Å². The molecule has 0 aromatic heterocycles. The number of benzene rings is 2. The Morgan fingerprint density at radius 2 is 1.90 bits per heavy atom. The third-order valence-corrected chi connectivity index (χ3v) is 5.81. The second-order valence-corrected chi connectivity index (χ2v) is 7.56. The molecule has 2 aromatic rings. The first-order chi connectivity index (χ1) is 14.2. The molecule has 29 heavy (non-hydrogen) atoms. The van der Waals surface area contributed by atoms with Crippen LogP contribution in [0.2, 0.25) is 0 Å². The van der Waals surface area contributed by atoms with Gasteiger partial charge in [0, 0.05) is 17.7 Å². The van der Waals surface area contributed by atoms with Crippen molar-refractivity contribution in [3.63, 3.8) is 0 Å². The number of fused-ring (bicyclic) bond motifs is 2. The fourth-order valence-corrected chi connectivity index (χ4v) is 4.37. The van der Waals surface area contributed by atoms with E-state index >= 15 is 0 Å². The maximum Gasteiger partial charge on any atom is 0.410 e. The van der Waals surface area contributed by atoms with Gasteiger partial charge in [0.15, 0.2) is 0 Å². The van der Waals surface area contributed by atoms with E-state index in [1.165, 1.54) is 5.57 Å². The number of piperidine rings is 1. The van der Waals surface area contributed by atoms with E-state index in [4.69, 9.17) is 14.2 Å². The molecule has 2 aliphatic rings. The number of rotatable bonds is 5. The molecule has 0 spiro atoms. The van der Waals surface area contributed by atoms with Gasteiger partial charge in [-0.15, -0.1) is 0 Å². The van der Waals surface area contributed by atoms with Gasteiger partial charge in [-0.1, -0.05) is 36.4 Å². The number of carbonyl (C=O) groups is 1. The Balaban J connectivity index is 1.53. The zero-order valence-electron chi connectivity index (χ0n) is 17.0. The minimum atomic E-state index is -0.222. The lowest BCUT2D eigenvalue weighted by molar-refractivity contribution is 0.0510. The van der Waals surface area contributed by atoms with E-state index in [0.29, 0.717) is 6.61 Å². The van der Waals surface area contributed by atoms with Crippen molar-refractivity contribution in [2.45, 2.75) is 44.4 Å².